The fourth-order valence-electron chi connectivity index (χ4n) is 8.12. The lowest BCUT2D eigenvalue weighted by Crippen LogP contribution is -1.96. The SMILES string of the molecule is c1ccc(-c2ccc(-c3nc(-c4ccccc4)cc(-c4ccc(-c5cccc6nc(-c7cccc8ccccc78)c7c8ccccc8sc7c56)cc4)n3)cc2)cc1. The first-order chi connectivity index (χ1) is 28.2. The number of rotatable bonds is 6. The zero-order valence-electron chi connectivity index (χ0n) is 30.8. The molecule has 0 bridgehead atoms. The Morgan fingerprint density at radius 1 is 0.351 bits per heavy atom. The average molecular weight is 744 g/mol. The van der Waals surface area contributed by atoms with Gasteiger partial charge < -0.3 is 0 Å². The first-order valence-electron chi connectivity index (χ1n) is 19.2. The molecular formula is C53H33N3S. The Labute approximate surface area is 334 Å². The van der Waals surface area contributed by atoms with Crippen LogP contribution in [0.25, 0.3) is 109 Å². The van der Waals surface area contributed by atoms with E-state index in [9.17, 15) is 0 Å². The van der Waals surface area contributed by atoms with Gasteiger partial charge in [0.2, 0.25) is 0 Å². The summed E-state index contributed by atoms with van der Waals surface area (Å²) in [6.45, 7) is 0. The summed E-state index contributed by atoms with van der Waals surface area (Å²) < 4.78 is 2.52. The maximum absolute atomic E-state index is 5.49. The number of hydrogen-bond donors (Lipinski definition) is 0. The zero-order chi connectivity index (χ0) is 37.7. The molecule has 0 spiro atoms. The Morgan fingerprint density at radius 2 is 0.895 bits per heavy atom. The molecule has 3 heterocycles. The third-order valence-electron chi connectivity index (χ3n) is 10.9. The predicted octanol–water partition coefficient (Wildman–Crippen LogP) is 14.5. The second-order valence-electron chi connectivity index (χ2n) is 14.3. The molecule has 3 aromatic heterocycles. The molecular weight excluding hydrogens is 711 g/mol. The second-order valence-corrected chi connectivity index (χ2v) is 15.4. The first kappa shape index (κ1) is 33.1. The van der Waals surface area contributed by atoms with Crippen molar-refractivity contribution in [3.05, 3.63) is 200 Å². The number of fused-ring (bicyclic) bond motifs is 6. The third kappa shape index (κ3) is 5.86. The lowest BCUT2D eigenvalue weighted by molar-refractivity contribution is 1.18. The largest absolute Gasteiger partial charge is 0.247 e. The van der Waals surface area contributed by atoms with Crippen molar-refractivity contribution in [1.82, 2.24) is 15.0 Å². The van der Waals surface area contributed by atoms with Crippen LogP contribution in [-0.4, -0.2) is 15.0 Å². The molecule has 0 aliphatic rings. The minimum Gasteiger partial charge on any atom is -0.247 e. The molecule has 0 radical (unpaired) electrons. The number of aromatic nitrogens is 3. The fourth-order valence-corrected chi connectivity index (χ4v) is 9.39. The van der Waals surface area contributed by atoms with Crippen LogP contribution >= 0.6 is 11.3 Å². The van der Waals surface area contributed by atoms with E-state index in [2.05, 4.69) is 188 Å². The van der Waals surface area contributed by atoms with E-state index in [-0.39, 0.29) is 0 Å². The Bertz CT molecular complexity index is 3260. The van der Waals surface area contributed by atoms with Crippen molar-refractivity contribution in [2.24, 2.45) is 0 Å². The quantitative estimate of drug-likeness (QED) is 0.170. The lowest BCUT2D eigenvalue weighted by atomic mass is 9.94. The smallest absolute Gasteiger partial charge is 0.160 e. The van der Waals surface area contributed by atoms with Gasteiger partial charge in [-0.25, -0.2) is 15.0 Å². The zero-order valence-corrected chi connectivity index (χ0v) is 31.6. The van der Waals surface area contributed by atoms with Crippen LogP contribution in [0.2, 0.25) is 0 Å². The molecule has 0 saturated heterocycles. The topological polar surface area (TPSA) is 38.7 Å². The highest BCUT2D eigenvalue weighted by Crippen LogP contribution is 2.46. The Balaban J connectivity index is 1.04. The first-order valence-corrected chi connectivity index (χ1v) is 20.0. The molecule has 57 heavy (non-hydrogen) atoms. The van der Waals surface area contributed by atoms with Crippen LogP contribution in [0.1, 0.15) is 0 Å². The summed E-state index contributed by atoms with van der Waals surface area (Å²) in [5, 5.41) is 6.06. The van der Waals surface area contributed by atoms with Crippen LogP contribution in [0, 0.1) is 0 Å². The van der Waals surface area contributed by atoms with Crippen molar-refractivity contribution in [2.75, 3.05) is 0 Å². The Kier molecular flexibility index (Phi) is 8.01. The highest BCUT2D eigenvalue weighted by molar-refractivity contribution is 7.26. The maximum Gasteiger partial charge on any atom is 0.160 e. The number of nitrogens with zero attached hydrogens (tertiary/aromatic N) is 3. The highest BCUT2D eigenvalue weighted by Gasteiger charge is 2.20. The van der Waals surface area contributed by atoms with E-state index in [0.29, 0.717) is 5.82 Å². The van der Waals surface area contributed by atoms with E-state index in [0.717, 1.165) is 56.0 Å². The van der Waals surface area contributed by atoms with Crippen LogP contribution in [0.15, 0.2) is 200 Å². The van der Waals surface area contributed by atoms with Gasteiger partial charge in [0.15, 0.2) is 5.82 Å². The summed E-state index contributed by atoms with van der Waals surface area (Å²) in [4.78, 5) is 15.7. The lowest BCUT2D eigenvalue weighted by Gasteiger charge is -2.14. The van der Waals surface area contributed by atoms with Gasteiger partial charge in [-0.15, -0.1) is 11.3 Å². The van der Waals surface area contributed by atoms with Crippen LogP contribution < -0.4 is 0 Å². The molecule has 3 nitrogen and oxygen atoms in total. The normalized spacial score (nSPS) is 11.5. The van der Waals surface area contributed by atoms with E-state index in [1.807, 2.05) is 23.5 Å². The van der Waals surface area contributed by atoms with E-state index >= 15 is 0 Å². The fraction of sp³-hybridized carbons (Fsp3) is 0. The van der Waals surface area contributed by atoms with Gasteiger partial charge in [-0.1, -0.05) is 182 Å². The molecule has 0 unspecified atom stereocenters. The average Bonchev–Trinajstić information content (AvgIpc) is 3.69. The molecule has 0 fully saturated rings. The van der Waals surface area contributed by atoms with E-state index < -0.39 is 0 Å². The molecule has 0 aliphatic heterocycles. The van der Waals surface area contributed by atoms with Crippen molar-refractivity contribution >= 4 is 53.2 Å². The number of thiophene rings is 1. The molecule has 0 atom stereocenters. The van der Waals surface area contributed by atoms with Gasteiger partial charge in [0, 0.05) is 47.8 Å². The molecule has 11 rings (SSSR count). The molecule has 0 amide bonds. The summed E-state index contributed by atoms with van der Waals surface area (Å²) >= 11 is 1.86. The highest BCUT2D eigenvalue weighted by atomic mass is 32.1. The van der Waals surface area contributed by atoms with Gasteiger partial charge >= 0.3 is 0 Å². The molecule has 266 valence electrons. The monoisotopic (exact) mass is 743 g/mol. The second kappa shape index (κ2) is 13.8. The summed E-state index contributed by atoms with van der Waals surface area (Å²) in [5.41, 5.74) is 12.7. The van der Waals surface area contributed by atoms with Crippen LogP contribution in [0.4, 0.5) is 0 Å². The standard InChI is InChI=1S/C53H33N3S/c1-3-13-34(14-4-1)35-25-31-40(32-26-35)53-55-46(38-16-5-2-6-17-38)33-47(56-53)39-29-27-37(28-30-39)42-21-12-23-45-49(42)52-50(44-20-9-10-24-48(44)57-52)51(54-45)43-22-11-18-36-15-7-8-19-41(36)43/h1-33H. The molecule has 11 aromatic rings. The van der Waals surface area contributed by atoms with Crippen LogP contribution in [0.5, 0.6) is 0 Å². The van der Waals surface area contributed by atoms with Gasteiger partial charge in [0.25, 0.3) is 0 Å². The van der Waals surface area contributed by atoms with Gasteiger partial charge in [-0.05, 0) is 51.2 Å². The molecule has 0 saturated carbocycles. The summed E-state index contributed by atoms with van der Waals surface area (Å²) in [6.07, 6.45) is 0. The van der Waals surface area contributed by atoms with Gasteiger partial charge in [-0.3, -0.25) is 0 Å². The minimum absolute atomic E-state index is 0.698. The number of pyridine rings is 1. The van der Waals surface area contributed by atoms with E-state index in [1.165, 1.54) is 47.5 Å². The number of hydrogen-bond acceptors (Lipinski definition) is 4. The van der Waals surface area contributed by atoms with Gasteiger partial charge in [-0.2, -0.15) is 0 Å². The molecule has 0 N–H and O–H groups in total. The van der Waals surface area contributed by atoms with Crippen molar-refractivity contribution in [1.29, 1.82) is 0 Å². The molecule has 8 aromatic carbocycles. The van der Waals surface area contributed by atoms with Gasteiger partial charge in [0.1, 0.15) is 0 Å². The van der Waals surface area contributed by atoms with Crippen molar-refractivity contribution < 1.29 is 0 Å². The minimum atomic E-state index is 0.698. The summed E-state index contributed by atoms with van der Waals surface area (Å²) in [6, 6.07) is 70.7. The van der Waals surface area contributed by atoms with Gasteiger partial charge in [0.05, 0.1) is 22.6 Å². The third-order valence-corrected chi connectivity index (χ3v) is 12.1. The van der Waals surface area contributed by atoms with Crippen LogP contribution in [-0.2, 0) is 0 Å². The van der Waals surface area contributed by atoms with E-state index in [1.54, 1.807) is 0 Å². The van der Waals surface area contributed by atoms with Crippen molar-refractivity contribution in [3.8, 4) is 67.4 Å². The maximum atomic E-state index is 5.49. The molecule has 4 heteroatoms. The Morgan fingerprint density at radius 3 is 1.67 bits per heavy atom. The molecule has 0 aliphatic carbocycles. The van der Waals surface area contributed by atoms with E-state index in [4.69, 9.17) is 15.0 Å². The summed E-state index contributed by atoms with van der Waals surface area (Å²) in [5.74, 6) is 0.698. The number of benzene rings is 8. The van der Waals surface area contributed by atoms with Crippen LogP contribution in [0.3, 0.4) is 0 Å². The van der Waals surface area contributed by atoms with Crippen molar-refractivity contribution in [3.63, 3.8) is 0 Å². The predicted molar refractivity (Wildman–Crippen MR) is 240 cm³/mol. The van der Waals surface area contributed by atoms with Crippen molar-refractivity contribution in [2.45, 2.75) is 0 Å². The Hall–Kier alpha value is -7.27. The summed E-state index contributed by atoms with van der Waals surface area (Å²) in [7, 11) is 0.